The van der Waals surface area contributed by atoms with E-state index in [0.29, 0.717) is 17.1 Å². The van der Waals surface area contributed by atoms with Gasteiger partial charge in [0.15, 0.2) is 0 Å². The van der Waals surface area contributed by atoms with Gasteiger partial charge in [0, 0.05) is 50.0 Å². The molecule has 0 atom stereocenters. The molecule has 1 aromatic carbocycles. The normalized spacial score (nSPS) is 17.5. The zero-order valence-electron chi connectivity index (χ0n) is 17.5. The first-order chi connectivity index (χ1) is 15.4. The van der Waals surface area contributed by atoms with Crippen LogP contribution in [0.4, 0.5) is 19.0 Å². The Hall–Kier alpha value is -3.07. The van der Waals surface area contributed by atoms with Crippen LogP contribution in [0.2, 0.25) is 0 Å². The van der Waals surface area contributed by atoms with E-state index >= 15 is 0 Å². The SMILES string of the molecule is FC(F)(F)Oc1cccc(-c2cnc(-c3ccnc(N4CCN(CC5CC5)CC4)c3)[nH]2)c1. The summed E-state index contributed by atoms with van der Waals surface area (Å²) in [6.07, 6.45) is 1.39. The average Bonchev–Trinajstić information content (AvgIpc) is 3.45. The standard InChI is InChI=1S/C23H24F3N5O/c24-23(25,26)32-19-3-1-2-17(12-19)20-14-28-22(29-20)18-6-7-27-21(13-18)31-10-8-30(9-11-31)15-16-4-5-16/h1-3,6-7,12-14,16H,4-5,8-11,15H2,(H,28,29). The Morgan fingerprint density at radius 2 is 1.81 bits per heavy atom. The van der Waals surface area contributed by atoms with Gasteiger partial charge >= 0.3 is 6.36 Å². The number of hydrogen-bond acceptors (Lipinski definition) is 5. The van der Waals surface area contributed by atoms with Gasteiger partial charge in [-0.05, 0) is 43.0 Å². The van der Waals surface area contributed by atoms with Crippen molar-refractivity contribution in [1.82, 2.24) is 19.9 Å². The van der Waals surface area contributed by atoms with Crippen LogP contribution < -0.4 is 9.64 Å². The summed E-state index contributed by atoms with van der Waals surface area (Å²) in [7, 11) is 0. The second-order valence-corrected chi connectivity index (χ2v) is 8.35. The number of nitrogens with one attached hydrogen (secondary N) is 1. The summed E-state index contributed by atoms with van der Waals surface area (Å²) < 4.78 is 41.6. The lowest BCUT2D eigenvalue weighted by atomic mass is 10.1. The van der Waals surface area contributed by atoms with Crippen LogP contribution in [0.3, 0.4) is 0 Å². The fourth-order valence-electron chi connectivity index (χ4n) is 4.04. The summed E-state index contributed by atoms with van der Waals surface area (Å²) in [6.45, 7) is 5.19. The molecular formula is C23H24F3N5O. The Kier molecular flexibility index (Phi) is 5.50. The first-order valence-electron chi connectivity index (χ1n) is 10.8. The van der Waals surface area contributed by atoms with Gasteiger partial charge in [0.2, 0.25) is 0 Å². The zero-order valence-corrected chi connectivity index (χ0v) is 17.5. The summed E-state index contributed by atoms with van der Waals surface area (Å²) in [5, 5.41) is 0. The maximum absolute atomic E-state index is 12.5. The van der Waals surface area contributed by atoms with Crippen molar-refractivity contribution in [2.75, 3.05) is 37.6 Å². The minimum atomic E-state index is -4.73. The summed E-state index contributed by atoms with van der Waals surface area (Å²) in [6, 6.07) is 9.71. The Morgan fingerprint density at radius 3 is 2.56 bits per heavy atom. The molecule has 0 spiro atoms. The van der Waals surface area contributed by atoms with E-state index in [4.69, 9.17) is 0 Å². The third-order valence-corrected chi connectivity index (χ3v) is 5.88. The molecule has 2 fully saturated rings. The number of piperazine rings is 1. The number of ether oxygens (including phenoxy) is 1. The molecule has 1 aliphatic heterocycles. The van der Waals surface area contributed by atoms with E-state index in [-0.39, 0.29) is 5.75 Å². The van der Waals surface area contributed by atoms with Crippen LogP contribution >= 0.6 is 0 Å². The van der Waals surface area contributed by atoms with Crippen molar-refractivity contribution in [2.24, 2.45) is 5.92 Å². The molecule has 0 radical (unpaired) electrons. The van der Waals surface area contributed by atoms with Crippen molar-refractivity contribution in [3.63, 3.8) is 0 Å². The van der Waals surface area contributed by atoms with Crippen molar-refractivity contribution in [1.29, 1.82) is 0 Å². The molecule has 0 unspecified atom stereocenters. The van der Waals surface area contributed by atoms with E-state index in [9.17, 15) is 13.2 Å². The van der Waals surface area contributed by atoms with E-state index in [1.165, 1.54) is 37.6 Å². The molecule has 2 aromatic heterocycles. The van der Waals surface area contributed by atoms with Crippen LogP contribution in [0, 0.1) is 5.92 Å². The van der Waals surface area contributed by atoms with Crippen molar-refractivity contribution < 1.29 is 17.9 Å². The number of alkyl halides is 3. The van der Waals surface area contributed by atoms with Crippen molar-refractivity contribution in [3.8, 4) is 28.4 Å². The first kappa shape index (κ1) is 20.8. The molecular weight excluding hydrogens is 419 g/mol. The average molecular weight is 443 g/mol. The maximum atomic E-state index is 12.5. The molecule has 3 heterocycles. The highest BCUT2D eigenvalue weighted by Crippen LogP contribution is 2.31. The minimum Gasteiger partial charge on any atom is -0.406 e. The van der Waals surface area contributed by atoms with E-state index in [1.54, 1.807) is 18.5 Å². The van der Waals surface area contributed by atoms with E-state index in [0.717, 1.165) is 43.5 Å². The minimum absolute atomic E-state index is 0.266. The number of H-pyrrole nitrogens is 1. The smallest absolute Gasteiger partial charge is 0.406 e. The second-order valence-electron chi connectivity index (χ2n) is 8.35. The Morgan fingerprint density at radius 1 is 1.00 bits per heavy atom. The van der Waals surface area contributed by atoms with Gasteiger partial charge in [-0.1, -0.05) is 12.1 Å². The Bertz CT molecular complexity index is 1070. The van der Waals surface area contributed by atoms with Crippen LogP contribution in [0.5, 0.6) is 5.75 Å². The number of pyridine rings is 1. The second kappa shape index (κ2) is 8.46. The van der Waals surface area contributed by atoms with E-state index in [2.05, 4.69) is 29.5 Å². The van der Waals surface area contributed by atoms with Gasteiger partial charge in [-0.25, -0.2) is 9.97 Å². The number of aromatic nitrogens is 3. The fraction of sp³-hybridized carbons (Fsp3) is 0.391. The largest absolute Gasteiger partial charge is 0.573 e. The van der Waals surface area contributed by atoms with Gasteiger partial charge in [-0.3, -0.25) is 4.90 Å². The molecule has 168 valence electrons. The number of imidazole rings is 1. The van der Waals surface area contributed by atoms with Gasteiger partial charge in [0.1, 0.15) is 17.4 Å². The summed E-state index contributed by atoms with van der Waals surface area (Å²) in [4.78, 5) is 17.0. The van der Waals surface area contributed by atoms with Gasteiger partial charge in [0.05, 0.1) is 11.9 Å². The molecule has 5 rings (SSSR count). The van der Waals surface area contributed by atoms with Crippen LogP contribution in [0.25, 0.3) is 22.6 Å². The summed E-state index contributed by atoms with van der Waals surface area (Å²) in [5.74, 6) is 2.18. The van der Waals surface area contributed by atoms with Crippen LogP contribution in [0.1, 0.15) is 12.8 Å². The highest BCUT2D eigenvalue weighted by Gasteiger charge is 2.31. The van der Waals surface area contributed by atoms with Crippen LogP contribution in [-0.4, -0.2) is 58.9 Å². The Labute approximate surface area is 184 Å². The molecule has 1 N–H and O–H groups in total. The van der Waals surface area contributed by atoms with E-state index in [1.807, 2.05) is 12.1 Å². The number of benzene rings is 1. The molecule has 2 aliphatic rings. The number of halogens is 3. The van der Waals surface area contributed by atoms with E-state index < -0.39 is 6.36 Å². The fourth-order valence-corrected chi connectivity index (χ4v) is 4.04. The number of rotatable bonds is 6. The molecule has 9 heteroatoms. The molecule has 1 saturated heterocycles. The lowest BCUT2D eigenvalue weighted by Gasteiger charge is -2.35. The molecule has 6 nitrogen and oxygen atoms in total. The quantitative estimate of drug-likeness (QED) is 0.605. The Balaban J connectivity index is 1.29. The number of nitrogens with zero attached hydrogens (tertiary/aromatic N) is 4. The zero-order chi connectivity index (χ0) is 22.1. The number of aromatic amines is 1. The first-order valence-corrected chi connectivity index (χ1v) is 10.8. The molecule has 0 bridgehead atoms. The molecule has 1 saturated carbocycles. The predicted molar refractivity (Wildman–Crippen MR) is 115 cm³/mol. The molecule has 3 aromatic rings. The van der Waals surface area contributed by atoms with Gasteiger partial charge in [-0.2, -0.15) is 0 Å². The van der Waals surface area contributed by atoms with Gasteiger partial charge in [0.25, 0.3) is 0 Å². The lowest BCUT2D eigenvalue weighted by Crippen LogP contribution is -2.47. The van der Waals surface area contributed by atoms with Crippen LogP contribution in [-0.2, 0) is 0 Å². The molecule has 32 heavy (non-hydrogen) atoms. The summed E-state index contributed by atoms with van der Waals surface area (Å²) in [5.41, 5.74) is 2.05. The third kappa shape index (κ3) is 5.04. The van der Waals surface area contributed by atoms with Crippen molar-refractivity contribution in [2.45, 2.75) is 19.2 Å². The maximum Gasteiger partial charge on any atom is 0.573 e. The topological polar surface area (TPSA) is 57.3 Å². The highest BCUT2D eigenvalue weighted by atomic mass is 19.4. The predicted octanol–water partition coefficient (Wildman–Crippen LogP) is 4.57. The van der Waals surface area contributed by atoms with Gasteiger partial charge < -0.3 is 14.6 Å². The lowest BCUT2D eigenvalue weighted by molar-refractivity contribution is -0.274. The monoisotopic (exact) mass is 443 g/mol. The number of anilines is 1. The third-order valence-electron chi connectivity index (χ3n) is 5.88. The summed E-state index contributed by atoms with van der Waals surface area (Å²) >= 11 is 0. The molecule has 0 amide bonds. The van der Waals surface area contributed by atoms with Gasteiger partial charge in [-0.15, -0.1) is 13.2 Å². The highest BCUT2D eigenvalue weighted by molar-refractivity contribution is 5.67. The number of hydrogen-bond donors (Lipinski definition) is 1. The van der Waals surface area contributed by atoms with Crippen molar-refractivity contribution >= 4 is 5.82 Å². The van der Waals surface area contributed by atoms with Crippen LogP contribution in [0.15, 0.2) is 48.8 Å². The molecule has 1 aliphatic carbocycles. The van der Waals surface area contributed by atoms with Crippen molar-refractivity contribution in [3.05, 3.63) is 48.8 Å².